The molecule has 2 heterocycles. The highest BCUT2D eigenvalue weighted by atomic mass is 32.2. The van der Waals surface area contributed by atoms with E-state index in [1.54, 1.807) is 23.6 Å². The van der Waals surface area contributed by atoms with E-state index in [0.29, 0.717) is 5.75 Å². The van der Waals surface area contributed by atoms with Crippen LogP contribution in [0.5, 0.6) is 5.75 Å². The Morgan fingerprint density at radius 2 is 2.04 bits per heavy atom. The fraction of sp³-hybridized carbons (Fsp3) is 0.125. The lowest BCUT2D eigenvalue weighted by Crippen LogP contribution is -2.01. The quantitative estimate of drug-likeness (QED) is 0.564. The Bertz CT molecular complexity index is 965. The molecule has 0 spiro atoms. The highest BCUT2D eigenvalue weighted by Crippen LogP contribution is 2.25. The number of tetrazole rings is 1. The molecule has 4 aromatic rings. The zero-order valence-electron chi connectivity index (χ0n) is 12.9. The molecule has 0 aliphatic carbocycles. The molecular weight excluding hydrogens is 324 g/mol. The molecule has 120 valence electrons. The SMILES string of the molecule is COc1ccc2nc(SCc3nnnn3-c3ccccc3)[nH]c2c1. The van der Waals surface area contributed by atoms with Crippen LogP contribution in [-0.2, 0) is 5.75 Å². The van der Waals surface area contributed by atoms with E-state index in [0.717, 1.165) is 33.5 Å². The van der Waals surface area contributed by atoms with E-state index in [4.69, 9.17) is 4.74 Å². The fourth-order valence-corrected chi connectivity index (χ4v) is 3.15. The number of thioether (sulfide) groups is 1. The number of aromatic amines is 1. The summed E-state index contributed by atoms with van der Waals surface area (Å²) in [7, 11) is 1.65. The molecule has 0 saturated heterocycles. The van der Waals surface area contributed by atoms with Gasteiger partial charge in [0.15, 0.2) is 11.0 Å². The smallest absolute Gasteiger partial charge is 0.167 e. The van der Waals surface area contributed by atoms with Gasteiger partial charge >= 0.3 is 0 Å². The molecule has 2 aromatic heterocycles. The van der Waals surface area contributed by atoms with Crippen LogP contribution in [0.15, 0.2) is 53.7 Å². The number of nitrogens with one attached hydrogen (secondary N) is 1. The normalized spacial score (nSPS) is 11.0. The van der Waals surface area contributed by atoms with Gasteiger partial charge in [-0.1, -0.05) is 30.0 Å². The van der Waals surface area contributed by atoms with E-state index in [1.807, 2.05) is 48.5 Å². The van der Waals surface area contributed by atoms with Crippen LogP contribution in [0.4, 0.5) is 0 Å². The zero-order chi connectivity index (χ0) is 16.4. The summed E-state index contributed by atoms with van der Waals surface area (Å²) in [5.41, 5.74) is 2.79. The van der Waals surface area contributed by atoms with Crippen molar-refractivity contribution in [3.05, 3.63) is 54.4 Å². The molecule has 0 saturated carbocycles. The Labute approximate surface area is 142 Å². The number of imidazole rings is 1. The summed E-state index contributed by atoms with van der Waals surface area (Å²) in [6, 6.07) is 15.6. The molecule has 0 aliphatic rings. The highest BCUT2D eigenvalue weighted by Gasteiger charge is 2.11. The van der Waals surface area contributed by atoms with Gasteiger partial charge in [0.25, 0.3) is 0 Å². The largest absolute Gasteiger partial charge is 0.497 e. The van der Waals surface area contributed by atoms with Crippen LogP contribution in [-0.4, -0.2) is 37.3 Å². The molecule has 0 bridgehead atoms. The molecule has 24 heavy (non-hydrogen) atoms. The van der Waals surface area contributed by atoms with Crippen molar-refractivity contribution in [2.24, 2.45) is 0 Å². The van der Waals surface area contributed by atoms with Crippen molar-refractivity contribution in [1.82, 2.24) is 30.2 Å². The number of rotatable bonds is 5. The van der Waals surface area contributed by atoms with Gasteiger partial charge in [0.1, 0.15) is 5.75 Å². The third kappa shape index (κ3) is 2.83. The van der Waals surface area contributed by atoms with Gasteiger partial charge in [0, 0.05) is 6.07 Å². The topological polar surface area (TPSA) is 81.5 Å². The number of hydrogen-bond acceptors (Lipinski definition) is 6. The minimum atomic E-state index is 0.610. The summed E-state index contributed by atoms with van der Waals surface area (Å²) in [6.07, 6.45) is 0. The second-order valence-electron chi connectivity index (χ2n) is 5.06. The summed E-state index contributed by atoms with van der Waals surface area (Å²) in [5, 5.41) is 12.8. The Morgan fingerprint density at radius 1 is 1.17 bits per heavy atom. The maximum Gasteiger partial charge on any atom is 0.167 e. The molecule has 0 aliphatic heterocycles. The summed E-state index contributed by atoms with van der Waals surface area (Å²) >= 11 is 1.56. The number of aromatic nitrogens is 6. The van der Waals surface area contributed by atoms with Gasteiger partial charge in [-0.3, -0.25) is 0 Å². The van der Waals surface area contributed by atoms with Crippen LogP contribution in [0.1, 0.15) is 5.82 Å². The number of hydrogen-bond donors (Lipinski definition) is 1. The van der Waals surface area contributed by atoms with E-state index in [2.05, 4.69) is 25.5 Å². The third-order valence-electron chi connectivity index (χ3n) is 3.54. The molecule has 1 N–H and O–H groups in total. The van der Waals surface area contributed by atoms with Crippen molar-refractivity contribution in [3.63, 3.8) is 0 Å². The minimum Gasteiger partial charge on any atom is -0.497 e. The second-order valence-corrected chi connectivity index (χ2v) is 6.02. The summed E-state index contributed by atoms with van der Waals surface area (Å²) in [6.45, 7) is 0. The van der Waals surface area contributed by atoms with Gasteiger partial charge in [-0.25, -0.2) is 4.98 Å². The summed E-state index contributed by atoms with van der Waals surface area (Å²) in [5.74, 6) is 2.18. The van der Waals surface area contributed by atoms with Crippen molar-refractivity contribution in [1.29, 1.82) is 0 Å². The number of methoxy groups -OCH3 is 1. The Morgan fingerprint density at radius 3 is 2.88 bits per heavy atom. The molecule has 8 heteroatoms. The van der Waals surface area contributed by atoms with E-state index in [1.165, 1.54) is 0 Å². The molecule has 7 nitrogen and oxygen atoms in total. The van der Waals surface area contributed by atoms with Crippen LogP contribution in [0.2, 0.25) is 0 Å². The molecule has 0 unspecified atom stereocenters. The van der Waals surface area contributed by atoms with Crippen LogP contribution >= 0.6 is 11.8 Å². The molecule has 4 rings (SSSR count). The van der Waals surface area contributed by atoms with Gasteiger partial charge in [0.05, 0.1) is 29.6 Å². The molecule has 0 fully saturated rings. The lowest BCUT2D eigenvalue weighted by molar-refractivity contribution is 0.415. The van der Waals surface area contributed by atoms with E-state index in [9.17, 15) is 0 Å². The van der Waals surface area contributed by atoms with E-state index < -0.39 is 0 Å². The van der Waals surface area contributed by atoms with Crippen molar-refractivity contribution in [3.8, 4) is 11.4 Å². The number of ether oxygens (including phenoxy) is 1. The summed E-state index contributed by atoms with van der Waals surface area (Å²) in [4.78, 5) is 7.85. The van der Waals surface area contributed by atoms with Gasteiger partial charge in [-0.15, -0.1) is 5.10 Å². The number of benzene rings is 2. The molecular formula is C16H14N6OS. The first kappa shape index (κ1) is 14.7. The average molecular weight is 338 g/mol. The Kier molecular flexibility index (Phi) is 3.87. The predicted molar refractivity (Wildman–Crippen MR) is 91.4 cm³/mol. The van der Waals surface area contributed by atoms with Crippen LogP contribution < -0.4 is 4.74 Å². The van der Waals surface area contributed by atoms with Crippen molar-refractivity contribution < 1.29 is 4.74 Å². The number of para-hydroxylation sites is 1. The second kappa shape index (κ2) is 6.32. The third-order valence-corrected chi connectivity index (χ3v) is 4.41. The Hall–Kier alpha value is -2.87. The molecule has 2 aromatic carbocycles. The first-order valence-corrected chi connectivity index (χ1v) is 8.31. The fourth-order valence-electron chi connectivity index (χ4n) is 2.36. The Balaban J connectivity index is 1.55. The van der Waals surface area contributed by atoms with Crippen LogP contribution in [0.25, 0.3) is 16.7 Å². The standard InChI is InChI=1S/C16H14N6OS/c1-23-12-7-8-13-14(9-12)18-16(17-13)24-10-15-19-20-21-22(15)11-5-3-2-4-6-11/h2-9H,10H2,1H3,(H,17,18). The van der Waals surface area contributed by atoms with E-state index >= 15 is 0 Å². The molecule has 0 atom stereocenters. The zero-order valence-corrected chi connectivity index (χ0v) is 13.7. The van der Waals surface area contributed by atoms with Gasteiger partial charge < -0.3 is 9.72 Å². The lowest BCUT2D eigenvalue weighted by Gasteiger charge is -2.02. The minimum absolute atomic E-state index is 0.610. The monoisotopic (exact) mass is 338 g/mol. The van der Waals surface area contributed by atoms with Crippen molar-refractivity contribution in [2.45, 2.75) is 10.9 Å². The number of H-pyrrole nitrogens is 1. The first-order chi connectivity index (χ1) is 11.8. The van der Waals surface area contributed by atoms with Gasteiger partial charge in [-0.05, 0) is 34.7 Å². The van der Waals surface area contributed by atoms with Gasteiger partial charge in [0.2, 0.25) is 0 Å². The lowest BCUT2D eigenvalue weighted by atomic mass is 10.3. The molecule has 0 amide bonds. The number of nitrogens with zero attached hydrogens (tertiary/aromatic N) is 5. The highest BCUT2D eigenvalue weighted by molar-refractivity contribution is 7.98. The maximum atomic E-state index is 5.23. The number of fused-ring (bicyclic) bond motifs is 1. The maximum absolute atomic E-state index is 5.23. The first-order valence-electron chi connectivity index (χ1n) is 7.33. The van der Waals surface area contributed by atoms with Crippen LogP contribution in [0, 0.1) is 0 Å². The van der Waals surface area contributed by atoms with E-state index in [-0.39, 0.29) is 0 Å². The van der Waals surface area contributed by atoms with Crippen LogP contribution in [0.3, 0.4) is 0 Å². The molecule has 0 radical (unpaired) electrons. The van der Waals surface area contributed by atoms with Gasteiger partial charge in [-0.2, -0.15) is 4.68 Å². The predicted octanol–water partition coefficient (Wildman–Crippen LogP) is 2.84. The van der Waals surface area contributed by atoms with Crippen molar-refractivity contribution in [2.75, 3.05) is 7.11 Å². The summed E-state index contributed by atoms with van der Waals surface area (Å²) < 4.78 is 6.97. The van der Waals surface area contributed by atoms with Crippen molar-refractivity contribution >= 4 is 22.8 Å². The average Bonchev–Trinajstić information content (AvgIpc) is 3.26.